The van der Waals surface area contributed by atoms with Gasteiger partial charge in [0, 0.05) is 24.7 Å². The van der Waals surface area contributed by atoms with Gasteiger partial charge in [-0.15, -0.1) is 0 Å². The summed E-state index contributed by atoms with van der Waals surface area (Å²) in [5.74, 6) is -3.32. The Labute approximate surface area is 157 Å². The number of fused-ring (bicyclic) bond motifs is 1. The second-order valence-corrected chi connectivity index (χ2v) is 8.58. The Morgan fingerprint density at radius 2 is 2.07 bits per heavy atom. The second-order valence-electron chi connectivity index (χ2n) is 8.58. The lowest BCUT2D eigenvalue weighted by Crippen LogP contribution is -2.47. The second kappa shape index (κ2) is 5.99. The maximum atomic E-state index is 13.0. The summed E-state index contributed by atoms with van der Waals surface area (Å²) in [6.07, 6.45) is -0.0614. The molecule has 0 amide bonds. The molecule has 27 heavy (non-hydrogen) atoms. The van der Waals surface area contributed by atoms with Crippen molar-refractivity contribution >= 4 is 23.5 Å². The molecule has 2 aliphatic carbocycles. The third-order valence-electron chi connectivity index (χ3n) is 6.96. The Kier molecular flexibility index (Phi) is 4.07. The molecule has 4 aliphatic rings. The van der Waals surface area contributed by atoms with E-state index in [1.54, 1.807) is 6.92 Å². The van der Waals surface area contributed by atoms with Gasteiger partial charge < -0.3 is 14.2 Å². The minimum Gasteiger partial charge on any atom is -0.463 e. The Hall–Kier alpha value is -2.02. The molecule has 8 unspecified atom stereocenters. The average Bonchev–Trinajstić information content (AvgIpc) is 3.11. The van der Waals surface area contributed by atoms with Crippen molar-refractivity contribution in [2.75, 3.05) is 7.11 Å². The lowest BCUT2D eigenvalue weighted by Gasteiger charge is -2.36. The van der Waals surface area contributed by atoms with Gasteiger partial charge in [-0.25, -0.2) is 4.79 Å². The highest BCUT2D eigenvalue weighted by molar-refractivity contribution is 6.33. The van der Waals surface area contributed by atoms with Crippen molar-refractivity contribution in [1.82, 2.24) is 0 Å². The number of hydrogen-bond acceptors (Lipinski definition) is 7. The van der Waals surface area contributed by atoms with Gasteiger partial charge in [-0.2, -0.15) is 0 Å². The first kappa shape index (κ1) is 18.3. The van der Waals surface area contributed by atoms with E-state index in [-0.39, 0.29) is 47.9 Å². The van der Waals surface area contributed by atoms with Gasteiger partial charge in [0.2, 0.25) is 5.78 Å². The van der Waals surface area contributed by atoms with E-state index in [4.69, 9.17) is 9.47 Å². The van der Waals surface area contributed by atoms with E-state index < -0.39 is 29.4 Å². The van der Waals surface area contributed by atoms with E-state index in [0.29, 0.717) is 12.8 Å². The highest BCUT2D eigenvalue weighted by atomic mass is 16.6. The highest BCUT2D eigenvalue weighted by Crippen LogP contribution is 2.63. The smallest absolute Gasteiger partial charge is 0.374 e. The molecule has 0 radical (unpaired) electrons. The summed E-state index contributed by atoms with van der Waals surface area (Å²) in [6.45, 7) is 7.64. The van der Waals surface area contributed by atoms with Gasteiger partial charge in [0.1, 0.15) is 12.2 Å². The van der Waals surface area contributed by atoms with Crippen molar-refractivity contribution in [2.24, 2.45) is 29.6 Å². The zero-order valence-corrected chi connectivity index (χ0v) is 15.7. The minimum absolute atomic E-state index is 0.0457. The van der Waals surface area contributed by atoms with Gasteiger partial charge in [0.15, 0.2) is 5.78 Å². The third kappa shape index (κ3) is 2.51. The molecule has 0 aromatic rings. The van der Waals surface area contributed by atoms with E-state index in [1.807, 2.05) is 6.92 Å². The molecule has 0 spiro atoms. The predicted molar refractivity (Wildman–Crippen MR) is 91.3 cm³/mol. The van der Waals surface area contributed by atoms with Crippen LogP contribution in [0.4, 0.5) is 0 Å². The summed E-state index contributed by atoms with van der Waals surface area (Å²) < 4.78 is 16.3. The number of Topliss-reactive ketones (excluding diaryl/α,β-unsaturated/α-hetero) is 2. The van der Waals surface area contributed by atoms with Crippen LogP contribution in [-0.2, 0) is 33.4 Å². The molecule has 4 rings (SSSR count). The van der Waals surface area contributed by atoms with E-state index in [1.165, 1.54) is 0 Å². The lowest BCUT2D eigenvalue weighted by atomic mass is 9.63. The Bertz CT molecular complexity index is 755. The molecular formula is C20H24O7. The van der Waals surface area contributed by atoms with Crippen molar-refractivity contribution < 1.29 is 33.4 Å². The molecule has 0 aromatic heterocycles. The Balaban J connectivity index is 1.62. The molecule has 146 valence electrons. The Morgan fingerprint density at radius 3 is 2.70 bits per heavy atom. The van der Waals surface area contributed by atoms with Crippen LogP contribution in [-0.4, -0.2) is 48.4 Å². The van der Waals surface area contributed by atoms with Crippen LogP contribution in [0.1, 0.15) is 33.1 Å². The van der Waals surface area contributed by atoms with Gasteiger partial charge in [-0.3, -0.25) is 14.4 Å². The molecule has 2 saturated heterocycles. The first-order chi connectivity index (χ1) is 12.7. The largest absolute Gasteiger partial charge is 0.463 e. The number of carbonyl (C=O) groups is 4. The molecule has 2 heterocycles. The summed E-state index contributed by atoms with van der Waals surface area (Å²) in [4.78, 5) is 49.1. The number of esters is 2. The van der Waals surface area contributed by atoms with Crippen LogP contribution in [0.5, 0.6) is 0 Å². The number of allylic oxidation sites excluding steroid dienone is 1. The topological polar surface area (TPSA) is 96.0 Å². The fourth-order valence-corrected chi connectivity index (χ4v) is 5.79. The monoisotopic (exact) mass is 376 g/mol. The maximum absolute atomic E-state index is 13.0. The van der Waals surface area contributed by atoms with Crippen LogP contribution < -0.4 is 0 Å². The van der Waals surface area contributed by atoms with E-state index in [0.717, 1.165) is 12.7 Å². The van der Waals surface area contributed by atoms with Crippen molar-refractivity contribution in [1.29, 1.82) is 0 Å². The molecular weight excluding hydrogens is 352 g/mol. The molecule has 0 aromatic carbocycles. The molecule has 2 saturated carbocycles. The van der Waals surface area contributed by atoms with Crippen LogP contribution in [0.15, 0.2) is 12.2 Å². The number of ether oxygens (including phenoxy) is 3. The van der Waals surface area contributed by atoms with Gasteiger partial charge >= 0.3 is 11.9 Å². The first-order valence-electron chi connectivity index (χ1n) is 9.36. The SMILES string of the molecule is C=C(C)C(CC(=O)C(=O)OC)CC1C2OC3(C)CC4OC(=O)C1C4C3C2=O. The standard InChI is InChI=1S/C20H24O7/c1-8(2)9(6-11(21)18(23)25-4)5-10-13-14-12(26-19(13)24)7-20(3)15(14)16(22)17(10)27-20/h9-10,12-15,17H,1,5-7H2,2-4H3. The summed E-state index contributed by atoms with van der Waals surface area (Å²) in [5, 5.41) is 0. The van der Waals surface area contributed by atoms with Crippen molar-refractivity contribution in [2.45, 2.75) is 50.9 Å². The van der Waals surface area contributed by atoms with Crippen molar-refractivity contribution in [3.8, 4) is 0 Å². The molecule has 4 fully saturated rings. The zero-order chi connectivity index (χ0) is 19.7. The summed E-state index contributed by atoms with van der Waals surface area (Å²) in [6, 6.07) is 0. The van der Waals surface area contributed by atoms with Crippen molar-refractivity contribution in [3.05, 3.63) is 12.2 Å². The summed E-state index contributed by atoms with van der Waals surface area (Å²) >= 11 is 0. The maximum Gasteiger partial charge on any atom is 0.374 e. The normalized spacial score (nSPS) is 42.0. The quantitative estimate of drug-likeness (QED) is 0.391. The van der Waals surface area contributed by atoms with E-state index >= 15 is 0 Å². The van der Waals surface area contributed by atoms with Crippen LogP contribution in [0.3, 0.4) is 0 Å². The van der Waals surface area contributed by atoms with Crippen LogP contribution >= 0.6 is 0 Å². The van der Waals surface area contributed by atoms with Crippen LogP contribution in [0.2, 0.25) is 0 Å². The van der Waals surface area contributed by atoms with E-state index in [9.17, 15) is 19.2 Å². The number of ketones is 2. The molecule has 2 aliphatic heterocycles. The summed E-state index contributed by atoms with van der Waals surface area (Å²) in [5.41, 5.74) is 0.143. The van der Waals surface area contributed by atoms with Gasteiger partial charge in [-0.05, 0) is 26.2 Å². The lowest BCUT2D eigenvalue weighted by molar-refractivity contribution is -0.152. The molecule has 8 atom stereocenters. The van der Waals surface area contributed by atoms with Gasteiger partial charge in [0.25, 0.3) is 0 Å². The molecule has 2 bridgehead atoms. The number of methoxy groups -OCH3 is 1. The summed E-state index contributed by atoms with van der Waals surface area (Å²) in [7, 11) is 1.16. The molecule has 7 heteroatoms. The van der Waals surface area contributed by atoms with Gasteiger partial charge in [-0.1, -0.05) is 12.2 Å². The Morgan fingerprint density at radius 1 is 1.37 bits per heavy atom. The highest BCUT2D eigenvalue weighted by Gasteiger charge is 2.74. The van der Waals surface area contributed by atoms with Crippen LogP contribution in [0.25, 0.3) is 0 Å². The fraction of sp³-hybridized carbons (Fsp3) is 0.700. The number of carbonyl (C=O) groups excluding carboxylic acids is 4. The predicted octanol–water partition coefficient (Wildman–Crippen LogP) is 1.24. The third-order valence-corrected chi connectivity index (χ3v) is 6.96. The first-order valence-corrected chi connectivity index (χ1v) is 9.36. The number of hydrogen-bond donors (Lipinski definition) is 0. The fourth-order valence-electron chi connectivity index (χ4n) is 5.79. The zero-order valence-electron chi connectivity index (χ0n) is 15.7. The van der Waals surface area contributed by atoms with E-state index in [2.05, 4.69) is 11.3 Å². The molecule has 7 nitrogen and oxygen atoms in total. The average molecular weight is 376 g/mol. The number of rotatable bonds is 6. The minimum atomic E-state index is -0.898. The van der Waals surface area contributed by atoms with Gasteiger partial charge in [0.05, 0.1) is 24.5 Å². The molecule has 0 N–H and O–H groups in total. The van der Waals surface area contributed by atoms with Crippen molar-refractivity contribution in [3.63, 3.8) is 0 Å². The van der Waals surface area contributed by atoms with Crippen LogP contribution in [0, 0.1) is 29.6 Å².